The number of hydrogen-bond acceptors (Lipinski definition) is 5. The Hall–Kier alpha value is -2.31. The minimum atomic E-state index is -3.04. The smallest absolute Gasteiger partial charge is 0.283 e. The van der Waals surface area contributed by atoms with Gasteiger partial charge in [-0.3, -0.25) is 19.7 Å². The van der Waals surface area contributed by atoms with E-state index in [2.05, 4.69) is 12.6 Å². The van der Waals surface area contributed by atoms with E-state index >= 15 is 0 Å². The van der Waals surface area contributed by atoms with E-state index in [0.717, 1.165) is 5.56 Å². The Balaban J connectivity index is 1.89. The Morgan fingerprint density at radius 1 is 1.14 bits per heavy atom. The van der Waals surface area contributed by atoms with Crippen molar-refractivity contribution >= 4 is 40.0 Å². The number of carbonyl (C=O) groups excluding carboxylic acids is 3. The van der Waals surface area contributed by atoms with Crippen molar-refractivity contribution in [2.45, 2.75) is 17.3 Å². The maximum absolute atomic E-state index is 13.2. The highest BCUT2D eigenvalue weighted by molar-refractivity contribution is 7.81. The van der Waals surface area contributed by atoms with Crippen LogP contribution in [0, 0.1) is 0 Å². The van der Waals surface area contributed by atoms with Crippen LogP contribution in [-0.2, 0) is 21.7 Å². The summed E-state index contributed by atoms with van der Waals surface area (Å²) in [5, 5.41) is 1.37. The number of alkyl halides is 2. The first kappa shape index (κ1) is 22.0. The number of halogens is 2. The van der Waals surface area contributed by atoms with Gasteiger partial charge >= 0.3 is 0 Å². The Labute approximate surface area is 168 Å². The van der Waals surface area contributed by atoms with Crippen molar-refractivity contribution in [3.05, 3.63) is 65.2 Å². The normalized spacial score (nSPS) is 12.1. The molecule has 2 aromatic rings. The fraction of sp³-hybridized carbons (Fsp3) is 0.211. The van der Waals surface area contributed by atoms with Crippen molar-refractivity contribution in [3.63, 3.8) is 0 Å². The first-order chi connectivity index (χ1) is 13.2. The lowest BCUT2D eigenvalue weighted by Gasteiger charge is -2.11. The van der Waals surface area contributed by atoms with Crippen LogP contribution in [0.5, 0.6) is 5.75 Å². The maximum Gasteiger partial charge on any atom is 0.283 e. The van der Waals surface area contributed by atoms with Crippen LogP contribution in [0.25, 0.3) is 0 Å². The van der Waals surface area contributed by atoms with Gasteiger partial charge in [0.15, 0.2) is 12.4 Å². The van der Waals surface area contributed by atoms with Crippen molar-refractivity contribution in [1.29, 1.82) is 0 Å². The number of amides is 2. The number of ketones is 1. The summed E-state index contributed by atoms with van der Waals surface area (Å²) in [6, 6.07) is 11.8. The van der Waals surface area contributed by atoms with Gasteiger partial charge in [-0.2, -0.15) is 21.4 Å². The van der Waals surface area contributed by atoms with Crippen LogP contribution in [0.4, 0.5) is 8.78 Å². The number of thiol groups is 1. The van der Waals surface area contributed by atoms with Gasteiger partial charge in [0.2, 0.25) is 12.3 Å². The van der Waals surface area contributed by atoms with Gasteiger partial charge in [0, 0.05) is 11.1 Å². The summed E-state index contributed by atoms with van der Waals surface area (Å²) in [6.45, 7) is -0.243. The molecule has 0 aliphatic carbocycles. The third kappa shape index (κ3) is 6.39. The molecule has 1 N–H and O–H groups in total. The van der Waals surface area contributed by atoms with Gasteiger partial charge in [0.1, 0.15) is 5.75 Å². The lowest BCUT2D eigenvalue weighted by atomic mass is 10.1. The number of rotatable bonds is 9. The topological polar surface area (TPSA) is 72.5 Å². The van der Waals surface area contributed by atoms with E-state index in [0.29, 0.717) is 18.6 Å². The number of ether oxygens (including phenoxy) is 1. The molecule has 2 aromatic carbocycles. The van der Waals surface area contributed by atoms with Crippen molar-refractivity contribution in [2.75, 3.05) is 6.61 Å². The molecule has 28 heavy (non-hydrogen) atoms. The predicted molar refractivity (Wildman–Crippen MR) is 107 cm³/mol. The number of hydrogen-bond donors (Lipinski definition) is 2. The average Bonchev–Trinajstić information content (AvgIpc) is 2.66. The minimum absolute atomic E-state index is 0.199. The molecule has 148 valence electrons. The van der Waals surface area contributed by atoms with Gasteiger partial charge in [-0.15, -0.1) is 0 Å². The maximum atomic E-state index is 13.2. The molecule has 0 bridgehead atoms. The van der Waals surface area contributed by atoms with Crippen LogP contribution >= 0.6 is 21.9 Å². The second-order valence-corrected chi connectivity index (χ2v) is 7.25. The largest absolute Gasteiger partial charge is 0.485 e. The number of nitrogens with one attached hydrogen (secondary N) is 1. The SMILES string of the molecule is O=CNC(=O)C(S)Cc1ccc(OCC(=O)c2ccc(C(F)(F)P)cc2)cc1. The standard InChI is InChI=1S/C19H18F2NO4PS/c20-19(21,27)14-5-3-13(4-6-14)16(24)10-26-15-7-1-12(2-8-15)9-17(28)18(25)22-11-23/h1-8,11,17,28H,9-10,27H2,(H,22,23,25). The molecule has 0 spiro atoms. The second kappa shape index (κ2) is 9.75. The van der Waals surface area contributed by atoms with Crippen LogP contribution in [-0.4, -0.2) is 30.0 Å². The molecule has 0 aromatic heterocycles. The van der Waals surface area contributed by atoms with Crippen LogP contribution in [0.3, 0.4) is 0 Å². The number of imide groups is 1. The van der Waals surface area contributed by atoms with Crippen molar-refractivity contribution in [2.24, 2.45) is 0 Å². The first-order valence-corrected chi connectivity index (χ1v) is 9.24. The Bertz CT molecular complexity index is 839. The Morgan fingerprint density at radius 2 is 1.75 bits per heavy atom. The van der Waals surface area contributed by atoms with Gasteiger partial charge in [-0.25, -0.2) is 0 Å². The van der Waals surface area contributed by atoms with E-state index in [1.165, 1.54) is 33.5 Å². The second-order valence-electron chi connectivity index (χ2n) is 5.90. The molecule has 0 heterocycles. The van der Waals surface area contributed by atoms with Gasteiger partial charge < -0.3 is 4.74 Å². The number of Topliss-reactive ketones (excluding diaryl/α,β-unsaturated/α-hetero) is 1. The highest BCUT2D eigenvalue weighted by Gasteiger charge is 2.24. The molecule has 5 nitrogen and oxygen atoms in total. The summed E-state index contributed by atoms with van der Waals surface area (Å²) in [7, 11) is 1.45. The van der Waals surface area contributed by atoms with E-state index in [-0.39, 0.29) is 23.5 Å². The molecule has 2 amide bonds. The molecule has 0 radical (unpaired) electrons. The van der Waals surface area contributed by atoms with Crippen molar-refractivity contribution < 1.29 is 27.9 Å². The zero-order valence-electron chi connectivity index (χ0n) is 14.6. The highest BCUT2D eigenvalue weighted by Crippen LogP contribution is 2.34. The minimum Gasteiger partial charge on any atom is -0.485 e. The third-order valence-corrected chi connectivity index (χ3v) is 4.57. The van der Waals surface area contributed by atoms with Gasteiger partial charge in [0.05, 0.1) is 5.25 Å². The molecule has 0 fully saturated rings. The fourth-order valence-electron chi connectivity index (χ4n) is 2.30. The predicted octanol–water partition coefficient (Wildman–Crippen LogP) is 2.99. The van der Waals surface area contributed by atoms with Crippen LogP contribution < -0.4 is 10.1 Å². The van der Waals surface area contributed by atoms with Crippen LogP contribution in [0.15, 0.2) is 48.5 Å². The summed E-state index contributed by atoms with van der Waals surface area (Å²) in [4.78, 5) is 33.9. The monoisotopic (exact) mass is 425 g/mol. The Morgan fingerprint density at radius 3 is 2.29 bits per heavy atom. The number of carbonyl (C=O) groups is 3. The third-order valence-electron chi connectivity index (χ3n) is 3.82. The molecule has 0 aliphatic heterocycles. The summed E-state index contributed by atoms with van der Waals surface area (Å²) in [5.41, 5.74) is -2.17. The molecule has 0 aliphatic rings. The molecule has 0 saturated heterocycles. The molecule has 9 heteroatoms. The summed E-state index contributed by atoms with van der Waals surface area (Å²) < 4.78 is 31.7. The molecule has 2 unspecified atom stereocenters. The fourth-order valence-corrected chi connectivity index (χ4v) is 2.78. The van der Waals surface area contributed by atoms with Gasteiger partial charge in [0.25, 0.3) is 5.66 Å². The lowest BCUT2D eigenvalue weighted by Crippen LogP contribution is -2.31. The summed E-state index contributed by atoms with van der Waals surface area (Å²) >= 11 is 4.13. The molecule has 0 saturated carbocycles. The van der Waals surface area contributed by atoms with E-state index in [9.17, 15) is 23.2 Å². The first-order valence-electron chi connectivity index (χ1n) is 8.15. The molecule has 2 atom stereocenters. The van der Waals surface area contributed by atoms with E-state index in [1.54, 1.807) is 24.3 Å². The highest BCUT2D eigenvalue weighted by atomic mass is 32.1. The van der Waals surface area contributed by atoms with Gasteiger partial charge in [-0.1, -0.05) is 45.6 Å². The van der Waals surface area contributed by atoms with Gasteiger partial charge in [-0.05, 0) is 24.1 Å². The quantitative estimate of drug-likeness (QED) is 0.281. The van der Waals surface area contributed by atoms with Crippen LogP contribution in [0.1, 0.15) is 21.5 Å². The molecule has 2 rings (SSSR count). The molecular formula is C19H18F2NO4PS. The van der Waals surface area contributed by atoms with E-state index in [4.69, 9.17) is 4.74 Å². The Kier molecular flexibility index (Phi) is 7.66. The van der Waals surface area contributed by atoms with Crippen molar-refractivity contribution in [3.8, 4) is 5.75 Å². The van der Waals surface area contributed by atoms with Crippen LogP contribution in [0.2, 0.25) is 0 Å². The summed E-state index contributed by atoms with van der Waals surface area (Å²) in [5.74, 6) is -0.392. The average molecular weight is 425 g/mol. The van der Waals surface area contributed by atoms with Crippen molar-refractivity contribution in [1.82, 2.24) is 5.32 Å². The lowest BCUT2D eigenvalue weighted by molar-refractivity contribution is -0.124. The van der Waals surface area contributed by atoms with E-state index in [1.807, 2.05) is 5.32 Å². The number of benzene rings is 2. The zero-order chi connectivity index (χ0) is 20.7. The summed E-state index contributed by atoms with van der Waals surface area (Å²) in [6.07, 6.45) is 0.620. The van der Waals surface area contributed by atoms with E-state index < -0.39 is 16.8 Å². The zero-order valence-corrected chi connectivity index (χ0v) is 16.7. The molecular weight excluding hydrogens is 407 g/mol.